The summed E-state index contributed by atoms with van der Waals surface area (Å²) in [6, 6.07) is 10.5. The summed E-state index contributed by atoms with van der Waals surface area (Å²) in [4.78, 5) is 28.5. The monoisotopic (exact) mass is 342 g/mol. The van der Waals surface area contributed by atoms with Crippen LogP contribution in [0.5, 0.6) is 5.75 Å². The summed E-state index contributed by atoms with van der Waals surface area (Å²) in [5.41, 5.74) is 1.18. The Bertz CT molecular complexity index is 810. The van der Waals surface area contributed by atoms with E-state index in [0.29, 0.717) is 24.5 Å². The number of methoxy groups -OCH3 is 1. The Morgan fingerprint density at radius 3 is 2.64 bits per heavy atom. The summed E-state index contributed by atoms with van der Waals surface area (Å²) >= 11 is 0. The molecular formula is C18H22N4O3. The van der Waals surface area contributed by atoms with Crippen molar-refractivity contribution in [2.75, 3.05) is 40.3 Å². The number of likely N-dealkylation sites (N-methyl/N-ethyl adjacent to an activating group) is 1. The molecule has 7 heteroatoms. The van der Waals surface area contributed by atoms with Crippen molar-refractivity contribution in [3.05, 3.63) is 46.8 Å². The van der Waals surface area contributed by atoms with Crippen LogP contribution in [0, 0.1) is 0 Å². The van der Waals surface area contributed by atoms with Crippen LogP contribution >= 0.6 is 0 Å². The van der Waals surface area contributed by atoms with Gasteiger partial charge in [0.15, 0.2) is 0 Å². The molecule has 1 fully saturated rings. The first kappa shape index (κ1) is 17.2. The van der Waals surface area contributed by atoms with E-state index in [2.05, 4.69) is 10.00 Å². The molecule has 2 heterocycles. The van der Waals surface area contributed by atoms with E-state index >= 15 is 0 Å². The molecule has 1 aromatic heterocycles. The molecule has 2 aromatic rings. The molecule has 0 bridgehead atoms. The largest absolute Gasteiger partial charge is 0.497 e. The highest BCUT2D eigenvalue weighted by atomic mass is 16.5. The molecule has 3 rings (SSSR count). The smallest absolute Gasteiger partial charge is 0.267 e. The second-order valence-corrected chi connectivity index (χ2v) is 6.13. The molecule has 1 aliphatic heterocycles. The molecule has 0 N–H and O–H groups in total. The van der Waals surface area contributed by atoms with Gasteiger partial charge in [0.05, 0.1) is 12.8 Å². The van der Waals surface area contributed by atoms with E-state index in [1.54, 1.807) is 18.1 Å². The Morgan fingerprint density at radius 2 is 1.92 bits per heavy atom. The first-order valence-corrected chi connectivity index (χ1v) is 8.26. The van der Waals surface area contributed by atoms with Gasteiger partial charge in [-0.05, 0) is 25.2 Å². The fourth-order valence-electron chi connectivity index (χ4n) is 2.78. The third-order valence-electron chi connectivity index (χ3n) is 4.37. The summed E-state index contributed by atoms with van der Waals surface area (Å²) in [5.74, 6) is 0.635. The van der Waals surface area contributed by atoms with Crippen molar-refractivity contribution >= 4 is 5.91 Å². The molecule has 1 amide bonds. The maximum Gasteiger partial charge on any atom is 0.267 e. The summed E-state index contributed by atoms with van der Waals surface area (Å²) < 4.78 is 6.45. The van der Waals surface area contributed by atoms with E-state index in [-0.39, 0.29) is 18.0 Å². The average Bonchev–Trinajstić information content (AvgIpc) is 2.64. The number of benzene rings is 1. The van der Waals surface area contributed by atoms with Crippen LogP contribution in [0.3, 0.4) is 0 Å². The lowest BCUT2D eigenvalue weighted by Gasteiger charge is -2.32. The van der Waals surface area contributed by atoms with Crippen LogP contribution < -0.4 is 10.3 Å². The van der Waals surface area contributed by atoms with E-state index in [4.69, 9.17) is 4.74 Å². The fourth-order valence-corrected chi connectivity index (χ4v) is 2.78. The number of rotatable bonds is 4. The maximum atomic E-state index is 12.5. The first-order valence-electron chi connectivity index (χ1n) is 8.26. The SMILES string of the molecule is COc1cccc(-c2ccc(=O)n(CC(=O)N3CCN(C)CC3)n2)c1. The first-order chi connectivity index (χ1) is 12.1. The lowest BCUT2D eigenvalue weighted by Crippen LogP contribution is -2.48. The summed E-state index contributed by atoms with van der Waals surface area (Å²) in [6.07, 6.45) is 0. The molecule has 0 unspecified atom stereocenters. The second kappa shape index (κ2) is 7.48. The van der Waals surface area contributed by atoms with Crippen molar-refractivity contribution < 1.29 is 9.53 Å². The van der Waals surface area contributed by atoms with Gasteiger partial charge in [-0.2, -0.15) is 5.10 Å². The van der Waals surface area contributed by atoms with E-state index in [1.807, 2.05) is 31.3 Å². The number of piperazine rings is 1. The van der Waals surface area contributed by atoms with Crippen LogP contribution in [0.1, 0.15) is 0 Å². The van der Waals surface area contributed by atoms with Gasteiger partial charge in [-0.25, -0.2) is 4.68 Å². The van der Waals surface area contributed by atoms with Gasteiger partial charge in [0, 0.05) is 37.8 Å². The van der Waals surface area contributed by atoms with E-state index in [1.165, 1.54) is 10.7 Å². The van der Waals surface area contributed by atoms with Gasteiger partial charge in [-0.3, -0.25) is 9.59 Å². The standard InChI is InChI=1S/C18H22N4O3/c1-20-8-10-21(11-9-20)18(24)13-22-17(23)7-6-16(19-22)14-4-3-5-15(12-14)25-2/h3-7,12H,8-11,13H2,1-2H3. The molecule has 1 aliphatic rings. The Balaban J connectivity index is 1.80. The van der Waals surface area contributed by atoms with Gasteiger partial charge in [0.2, 0.25) is 5.91 Å². The van der Waals surface area contributed by atoms with Crippen LogP contribution in [-0.2, 0) is 11.3 Å². The number of carbonyl (C=O) groups is 1. The van der Waals surface area contributed by atoms with E-state index in [0.717, 1.165) is 18.7 Å². The van der Waals surface area contributed by atoms with Gasteiger partial charge in [-0.1, -0.05) is 12.1 Å². The Kier molecular flexibility index (Phi) is 5.14. The molecule has 0 saturated carbocycles. The third-order valence-corrected chi connectivity index (χ3v) is 4.37. The molecule has 0 radical (unpaired) electrons. The third kappa shape index (κ3) is 4.06. The molecule has 1 aromatic carbocycles. The Morgan fingerprint density at radius 1 is 1.16 bits per heavy atom. The van der Waals surface area contributed by atoms with Gasteiger partial charge in [0.25, 0.3) is 5.56 Å². The molecule has 0 aliphatic carbocycles. The molecule has 1 saturated heterocycles. The fraction of sp³-hybridized carbons (Fsp3) is 0.389. The molecule has 132 valence electrons. The minimum Gasteiger partial charge on any atom is -0.497 e. The molecule has 25 heavy (non-hydrogen) atoms. The second-order valence-electron chi connectivity index (χ2n) is 6.13. The number of hydrogen-bond donors (Lipinski definition) is 0. The maximum absolute atomic E-state index is 12.5. The van der Waals surface area contributed by atoms with Crippen LogP contribution in [0.15, 0.2) is 41.2 Å². The zero-order chi connectivity index (χ0) is 17.8. The van der Waals surface area contributed by atoms with Gasteiger partial charge >= 0.3 is 0 Å². The lowest BCUT2D eigenvalue weighted by molar-refractivity contribution is -0.133. The van der Waals surface area contributed by atoms with Crippen LogP contribution in [0.4, 0.5) is 0 Å². The highest BCUT2D eigenvalue weighted by Crippen LogP contribution is 2.21. The van der Waals surface area contributed by atoms with Crippen LogP contribution in [0.2, 0.25) is 0 Å². The number of amides is 1. The molecular weight excluding hydrogens is 320 g/mol. The number of hydrogen-bond acceptors (Lipinski definition) is 5. The number of ether oxygens (including phenoxy) is 1. The number of nitrogens with zero attached hydrogens (tertiary/aromatic N) is 4. The predicted molar refractivity (Wildman–Crippen MR) is 94.6 cm³/mol. The van der Waals surface area contributed by atoms with Crippen molar-refractivity contribution in [2.45, 2.75) is 6.54 Å². The summed E-state index contributed by atoms with van der Waals surface area (Å²) in [6.45, 7) is 3.01. The normalized spacial score (nSPS) is 15.2. The highest BCUT2D eigenvalue weighted by Gasteiger charge is 2.20. The number of carbonyl (C=O) groups excluding carboxylic acids is 1. The number of aromatic nitrogens is 2. The highest BCUT2D eigenvalue weighted by molar-refractivity contribution is 5.76. The summed E-state index contributed by atoms with van der Waals surface area (Å²) in [5, 5.41) is 4.36. The zero-order valence-electron chi connectivity index (χ0n) is 14.5. The van der Waals surface area contributed by atoms with Crippen molar-refractivity contribution in [1.82, 2.24) is 19.6 Å². The lowest BCUT2D eigenvalue weighted by atomic mass is 10.1. The molecule has 0 spiro atoms. The molecule has 0 atom stereocenters. The van der Waals surface area contributed by atoms with Crippen molar-refractivity contribution in [3.8, 4) is 17.0 Å². The topological polar surface area (TPSA) is 67.7 Å². The van der Waals surface area contributed by atoms with Gasteiger partial charge in [0.1, 0.15) is 12.3 Å². The van der Waals surface area contributed by atoms with E-state index in [9.17, 15) is 9.59 Å². The average molecular weight is 342 g/mol. The van der Waals surface area contributed by atoms with Crippen molar-refractivity contribution in [3.63, 3.8) is 0 Å². The zero-order valence-corrected chi connectivity index (χ0v) is 14.5. The minimum atomic E-state index is -0.283. The Hall–Kier alpha value is -2.67. The quantitative estimate of drug-likeness (QED) is 0.818. The summed E-state index contributed by atoms with van der Waals surface area (Å²) in [7, 11) is 3.63. The van der Waals surface area contributed by atoms with Gasteiger partial charge in [-0.15, -0.1) is 0 Å². The molecule has 7 nitrogen and oxygen atoms in total. The van der Waals surface area contributed by atoms with E-state index < -0.39 is 0 Å². The minimum absolute atomic E-state index is 0.0413. The van der Waals surface area contributed by atoms with Crippen molar-refractivity contribution in [1.29, 1.82) is 0 Å². The van der Waals surface area contributed by atoms with Crippen molar-refractivity contribution in [2.24, 2.45) is 0 Å². The predicted octanol–water partition coefficient (Wildman–Crippen LogP) is 0.693. The van der Waals surface area contributed by atoms with Gasteiger partial charge < -0.3 is 14.5 Å². The van der Waals surface area contributed by atoms with Crippen LogP contribution in [-0.4, -0.2) is 65.8 Å². The Labute approximate surface area is 146 Å². The van der Waals surface area contributed by atoms with Crippen LogP contribution in [0.25, 0.3) is 11.3 Å².